The largest absolute Gasteiger partial charge is 0.480 e. The molecule has 1 fully saturated rings. The topological polar surface area (TPSA) is 81.7 Å². The van der Waals surface area contributed by atoms with Crippen molar-refractivity contribution in [1.82, 2.24) is 15.5 Å². The number of rotatable bonds is 9. The summed E-state index contributed by atoms with van der Waals surface area (Å²) in [6.45, 7) is 5.94. The predicted octanol–water partition coefficient (Wildman–Crippen LogP) is 1.22. The summed E-state index contributed by atoms with van der Waals surface area (Å²) in [6.07, 6.45) is 4.87. The van der Waals surface area contributed by atoms with Crippen LogP contribution in [0.15, 0.2) is 0 Å². The molecule has 0 bridgehead atoms. The molecule has 1 aliphatic heterocycles. The molecule has 1 aliphatic rings. The second kappa shape index (κ2) is 9.89. The number of nitrogens with zero attached hydrogens (tertiary/aromatic N) is 1. The van der Waals surface area contributed by atoms with Crippen molar-refractivity contribution >= 4 is 23.8 Å². The Morgan fingerprint density at radius 1 is 1.33 bits per heavy atom. The zero-order valence-corrected chi connectivity index (χ0v) is 13.7. The van der Waals surface area contributed by atoms with Gasteiger partial charge in [0, 0.05) is 13.1 Å². The SMILES string of the molecule is CSCC[C@@H](NC(=O)NCC(C)CN1CCCC1)C(=O)O. The highest BCUT2D eigenvalue weighted by atomic mass is 32.2. The molecule has 1 saturated heterocycles. The quantitative estimate of drug-likeness (QED) is 0.596. The number of nitrogens with one attached hydrogen (secondary N) is 2. The van der Waals surface area contributed by atoms with Gasteiger partial charge in [0.1, 0.15) is 6.04 Å². The first-order chi connectivity index (χ1) is 10.0. The number of likely N-dealkylation sites (tertiary alicyclic amines) is 1. The van der Waals surface area contributed by atoms with Gasteiger partial charge in [-0.3, -0.25) is 0 Å². The summed E-state index contributed by atoms with van der Waals surface area (Å²) in [5, 5.41) is 14.4. The van der Waals surface area contributed by atoms with Crippen molar-refractivity contribution in [3.8, 4) is 0 Å². The zero-order valence-electron chi connectivity index (χ0n) is 12.9. The molecule has 0 spiro atoms. The normalized spacial score (nSPS) is 18.2. The highest BCUT2D eigenvalue weighted by Gasteiger charge is 2.20. The van der Waals surface area contributed by atoms with E-state index in [0.717, 1.165) is 19.6 Å². The monoisotopic (exact) mass is 317 g/mol. The summed E-state index contributed by atoms with van der Waals surface area (Å²) in [6, 6.07) is -1.21. The first kappa shape index (κ1) is 18.1. The van der Waals surface area contributed by atoms with Gasteiger partial charge in [0.2, 0.25) is 0 Å². The maximum atomic E-state index is 11.8. The summed E-state index contributed by atoms with van der Waals surface area (Å²) in [5.74, 6) is 0.0930. The minimum atomic E-state index is -0.982. The van der Waals surface area contributed by atoms with Crippen LogP contribution in [-0.4, -0.2) is 66.2 Å². The molecule has 1 heterocycles. The van der Waals surface area contributed by atoms with Gasteiger partial charge in [0.15, 0.2) is 0 Å². The van der Waals surface area contributed by atoms with Crippen LogP contribution in [0.2, 0.25) is 0 Å². The van der Waals surface area contributed by atoms with Crippen LogP contribution in [-0.2, 0) is 4.79 Å². The molecule has 0 aromatic rings. The predicted molar refractivity (Wildman–Crippen MR) is 85.8 cm³/mol. The number of amides is 2. The van der Waals surface area contributed by atoms with E-state index in [1.807, 2.05) is 6.26 Å². The number of carboxylic acids is 1. The molecule has 6 nitrogen and oxygen atoms in total. The van der Waals surface area contributed by atoms with Crippen molar-refractivity contribution in [3.05, 3.63) is 0 Å². The minimum Gasteiger partial charge on any atom is -0.480 e. The number of thioether (sulfide) groups is 1. The number of carbonyl (C=O) groups is 2. The van der Waals surface area contributed by atoms with E-state index < -0.39 is 18.0 Å². The lowest BCUT2D eigenvalue weighted by molar-refractivity contribution is -0.139. The first-order valence-electron chi connectivity index (χ1n) is 7.51. The van der Waals surface area contributed by atoms with Gasteiger partial charge in [-0.15, -0.1) is 0 Å². The molecule has 1 rings (SSSR count). The van der Waals surface area contributed by atoms with Gasteiger partial charge < -0.3 is 20.6 Å². The van der Waals surface area contributed by atoms with Crippen LogP contribution >= 0.6 is 11.8 Å². The summed E-state index contributed by atoms with van der Waals surface area (Å²) < 4.78 is 0. The summed E-state index contributed by atoms with van der Waals surface area (Å²) in [5.41, 5.74) is 0. The average molecular weight is 317 g/mol. The Bertz CT molecular complexity index is 335. The highest BCUT2D eigenvalue weighted by molar-refractivity contribution is 7.98. The van der Waals surface area contributed by atoms with E-state index in [0.29, 0.717) is 24.6 Å². The second-order valence-electron chi connectivity index (χ2n) is 5.64. The third kappa shape index (κ3) is 7.57. The Labute approximate surface area is 131 Å². The van der Waals surface area contributed by atoms with Crippen molar-refractivity contribution in [2.45, 2.75) is 32.2 Å². The number of hydrogen-bond acceptors (Lipinski definition) is 4. The molecular weight excluding hydrogens is 290 g/mol. The average Bonchev–Trinajstić information content (AvgIpc) is 2.93. The van der Waals surface area contributed by atoms with Crippen LogP contribution in [0, 0.1) is 5.92 Å². The van der Waals surface area contributed by atoms with Gasteiger partial charge in [-0.25, -0.2) is 9.59 Å². The van der Waals surface area contributed by atoms with Gasteiger partial charge in [-0.05, 0) is 50.3 Å². The third-order valence-electron chi connectivity index (χ3n) is 3.59. The lowest BCUT2D eigenvalue weighted by Crippen LogP contribution is -2.47. The van der Waals surface area contributed by atoms with Crippen LogP contribution in [0.25, 0.3) is 0 Å². The van der Waals surface area contributed by atoms with Crippen LogP contribution in [0.5, 0.6) is 0 Å². The molecule has 2 atom stereocenters. The van der Waals surface area contributed by atoms with Crippen molar-refractivity contribution < 1.29 is 14.7 Å². The maximum Gasteiger partial charge on any atom is 0.326 e. The standard InChI is InChI=1S/C14H27N3O3S/c1-11(10-17-6-3-4-7-17)9-15-14(20)16-12(13(18)19)5-8-21-2/h11-12H,3-10H2,1-2H3,(H,18,19)(H2,15,16,20)/t11?,12-/m1/s1. The number of urea groups is 1. The summed E-state index contributed by atoms with van der Waals surface area (Å²) in [7, 11) is 0. The first-order valence-corrected chi connectivity index (χ1v) is 8.90. The molecule has 0 saturated carbocycles. The molecule has 0 aromatic carbocycles. The number of hydrogen-bond donors (Lipinski definition) is 3. The van der Waals surface area contributed by atoms with E-state index in [9.17, 15) is 9.59 Å². The Balaban J connectivity index is 2.22. The highest BCUT2D eigenvalue weighted by Crippen LogP contribution is 2.09. The Kier molecular flexibility index (Phi) is 8.52. The molecule has 21 heavy (non-hydrogen) atoms. The van der Waals surface area contributed by atoms with E-state index in [4.69, 9.17) is 5.11 Å². The number of carboxylic acid groups (broad SMARTS) is 1. The molecule has 0 radical (unpaired) electrons. The Hall–Kier alpha value is -0.950. The van der Waals surface area contributed by atoms with E-state index in [-0.39, 0.29) is 0 Å². The fraction of sp³-hybridized carbons (Fsp3) is 0.857. The molecule has 1 unspecified atom stereocenters. The Morgan fingerprint density at radius 3 is 2.57 bits per heavy atom. The molecular formula is C14H27N3O3S. The van der Waals surface area contributed by atoms with Crippen molar-refractivity contribution in [3.63, 3.8) is 0 Å². The van der Waals surface area contributed by atoms with E-state index >= 15 is 0 Å². The van der Waals surface area contributed by atoms with Gasteiger partial charge in [0.05, 0.1) is 0 Å². The Morgan fingerprint density at radius 2 is 2.00 bits per heavy atom. The van der Waals surface area contributed by atoms with Gasteiger partial charge in [-0.2, -0.15) is 11.8 Å². The van der Waals surface area contributed by atoms with Crippen LogP contribution < -0.4 is 10.6 Å². The van der Waals surface area contributed by atoms with E-state index in [1.165, 1.54) is 12.8 Å². The van der Waals surface area contributed by atoms with Crippen molar-refractivity contribution in [1.29, 1.82) is 0 Å². The molecule has 0 aromatic heterocycles. The maximum absolute atomic E-state index is 11.8. The fourth-order valence-corrected chi connectivity index (χ4v) is 2.91. The van der Waals surface area contributed by atoms with E-state index in [2.05, 4.69) is 22.5 Å². The van der Waals surface area contributed by atoms with Gasteiger partial charge in [0.25, 0.3) is 0 Å². The number of aliphatic carboxylic acids is 1. The lowest BCUT2D eigenvalue weighted by Gasteiger charge is -2.21. The van der Waals surface area contributed by atoms with Crippen LogP contribution in [0.3, 0.4) is 0 Å². The fourth-order valence-electron chi connectivity index (χ4n) is 2.44. The summed E-state index contributed by atoms with van der Waals surface area (Å²) >= 11 is 1.57. The number of carbonyl (C=O) groups excluding carboxylic acids is 1. The third-order valence-corrected chi connectivity index (χ3v) is 4.24. The molecule has 0 aliphatic carbocycles. The van der Waals surface area contributed by atoms with Crippen molar-refractivity contribution in [2.75, 3.05) is 38.2 Å². The zero-order chi connectivity index (χ0) is 15.7. The summed E-state index contributed by atoms with van der Waals surface area (Å²) in [4.78, 5) is 25.2. The molecule has 7 heteroatoms. The lowest BCUT2D eigenvalue weighted by atomic mass is 10.1. The molecule has 122 valence electrons. The smallest absolute Gasteiger partial charge is 0.326 e. The molecule has 2 amide bonds. The molecule has 3 N–H and O–H groups in total. The van der Waals surface area contributed by atoms with Crippen LogP contribution in [0.4, 0.5) is 4.79 Å². The van der Waals surface area contributed by atoms with E-state index in [1.54, 1.807) is 11.8 Å². The second-order valence-corrected chi connectivity index (χ2v) is 6.63. The van der Waals surface area contributed by atoms with Gasteiger partial charge >= 0.3 is 12.0 Å². The van der Waals surface area contributed by atoms with Gasteiger partial charge in [-0.1, -0.05) is 6.92 Å². The van der Waals surface area contributed by atoms with Crippen molar-refractivity contribution in [2.24, 2.45) is 5.92 Å². The van der Waals surface area contributed by atoms with Crippen LogP contribution in [0.1, 0.15) is 26.2 Å². The minimum absolute atomic E-state index is 0.364.